The van der Waals surface area contributed by atoms with Crippen molar-refractivity contribution in [3.63, 3.8) is 0 Å². The van der Waals surface area contributed by atoms with Crippen molar-refractivity contribution in [2.24, 2.45) is 0 Å². The number of rotatable bonds is 5. The normalized spacial score (nSPS) is 9.95. The molecule has 1 amide bonds. The first kappa shape index (κ1) is 14.1. The van der Waals surface area contributed by atoms with Gasteiger partial charge in [-0.1, -0.05) is 11.3 Å². The van der Waals surface area contributed by atoms with Crippen LogP contribution in [0.4, 0.5) is 5.13 Å². The van der Waals surface area contributed by atoms with Crippen molar-refractivity contribution in [2.45, 2.75) is 0 Å². The average molecular weight is 295 g/mol. The Bertz CT molecular complexity index is 601. The molecule has 0 atom stereocenters. The van der Waals surface area contributed by atoms with Crippen molar-refractivity contribution in [3.8, 4) is 17.2 Å². The molecule has 2 rings (SSSR count). The average Bonchev–Trinajstić information content (AvgIpc) is 2.98. The minimum Gasteiger partial charge on any atom is -0.496 e. The summed E-state index contributed by atoms with van der Waals surface area (Å²) in [6.45, 7) is 0. The number of nitrogens with zero attached hydrogens (tertiary/aromatic N) is 2. The summed E-state index contributed by atoms with van der Waals surface area (Å²) in [5.74, 6) is 0.941. The van der Waals surface area contributed by atoms with Gasteiger partial charge in [0, 0.05) is 12.1 Å². The maximum Gasteiger partial charge on any atom is 0.261 e. The second-order valence-electron chi connectivity index (χ2n) is 3.61. The van der Waals surface area contributed by atoms with Gasteiger partial charge in [-0.2, -0.15) is 0 Å². The number of anilines is 1. The SMILES string of the molecule is COc1cc(OC)c(C(=O)Nc2nncs2)cc1OC. The first-order valence-electron chi connectivity index (χ1n) is 5.57. The Morgan fingerprint density at radius 1 is 1.10 bits per heavy atom. The number of aromatic nitrogens is 2. The van der Waals surface area contributed by atoms with Gasteiger partial charge in [0.15, 0.2) is 11.5 Å². The highest BCUT2D eigenvalue weighted by atomic mass is 32.1. The Hall–Kier alpha value is -2.35. The zero-order valence-electron chi connectivity index (χ0n) is 11.2. The highest BCUT2D eigenvalue weighted by Crippen LogP contribution is 2.34. The van der Waals surface area contributed by atoms with Gasteiger partial charge in [-0.15, -0.1) is 10.2 Å². The van der Waals surface area contributed by atoms with Crippen LogP contribution in [0.3, 0.4) is 0 Å². The molecule has 0 radical (unpaired) electrons. The van der Waals surface area contributed by atoms with Crippen LogP contribution in [0, 0.1) is 0 Å². The lowest BCUT2D eigenvalue weighted by Crippen LogP contribution is -2.13. The van der Waals surface area contributed by atoms with E-state index in [9.17, 15) is 4.79 Å². The largest absolute Gasteiger partial charge is 0.496 e. The summed E-state index contributed by atoms with van der Waals surface area (Å²) < 4.78 is 15.5. The van der Waals surface area contributed by atoms with E-state index in [1.165, 1.54) is 38.2 Å². The summed E-state index contributed by atoms with van der Waals surface area (Å²) in [7, 11) is 4.48. The third kappa shape index (κ3) is 2.80. The molecule has 0 bridgehead atoms. The molecular formula is C12H13N3O4S. The molecule has 0 aliphatic rings. The molecular weight excluding hydrogens is 282 g/mol. The number of carbonyl (C=O) groups excluding carboxylic acids is 1. The van der Waals surface area contributed by atoms with Crippen LogP contribution in [0.1, 0.15) is 10.4 Å². The number of amides is 1. The predicted octanol–water partition coefficient (Wildman–Crippen LogP) is 1.82. The molecule has 1 N–H and O–H groups in total. The Kier molecular flexibility index (Phi) is 4.36. The fraction of sp³-hybridized carbons (Fsp3) is 0.250. The van der Waals surface area contributed by atoms with Gasteiger partial charge < -0.3 is 14.2 Å². The zero-order valence-corrected chi connectivity index (χ0v) is 12.0. The van der Waals surface area contributed by atoms with Crippen molar-refractivity contribution >= 4 is 22.4 Å². The molecule has 0 fully saturated rings. The number of nitrogens with one attached hydrogen (secondary N) is 1. The number of hydrogen-bond donors (Lipinski definition) is 1. The van der Waals surface area contributed by atoms with Crippen LogP contribution in [-0.2, 0) is 0 Å². The lowest BCUT2D eigenvalue weighted by atomic mass is 10.1. The van der Waals surface area contributed by atoms with E-state index in [-0.39, 0.29) is 5.91 Å². The van der Waals surface area contributed by atoms with Gasteiger partial charge in [0.2, 0.25) is 5.13 Å². The molecule has 0 unspecified atom stereocenters. The molecule has 2 aromatic rings. The first-order valence-corrected chi connectivity index (χ1v) is 6.45. The van der Waals surface area contributed by atoms with Crippen LogP contribution in [0.2, 0.25) is 0 Å². The summed E-state index contributed by atoms with van der Waals surface area (Å²) in [5, 5.41) is 10.4. The summed E-state index contributed by atoms with van der Waals surface area (Å²) in [5.41, 5.74) is 1.85. The van der Waals surface area contributed by atoms with Crippen molar-refractivity contribution in [2.75, 3.05) is 26.6 Å². The van der Waals surface area contributed by atoms with Crippen molar-refractivity contribution in [1.29, 1.82) is 0 Å². The standard InChI is InChI=1S/C12H13N3O4S/c1-17-8-5-10(19-3)9(18-2)4-7(8)11(16)14-12-15-13-6-20-12/h4-6H,1-3H3,(H,14,15,16). The van der Waals surface area contributed by atoms with Crippen LogP contribution < -0.4 is 19.5 Å². The van der Waals surface area contributed by atoms with E-state index >= 15 is 0 Å². The van der Waals surface area contributed by atoms with Gasteiger partial charge in [-0.05, 0) is 0 Å². The topological polar surface area (TPSA) is 82.6 Å². The second kappa shape index (κ2) is 6.20. The van der Waals surface area contributed by atoms with E-state index < -0.39 is 0 Å². The van der Waals surface area contributed by atoms with E-state index in [4.69, 9.17) is 14.2 Å². The van der Waals surface area contributed by atoms with Crippen molar-refractivity contribution < 1.29 is 19.0 Å². The van der Waals surface area contributed by atoms with Gasteiger partial charge in [-0.25, -0.2) is 0 Å². The molecule has 20 heavy (non-hydrogen) atoms. The van der Waals surface area contributed by atoms with Crippen LogP contribution in [0.5, 0.6) is 17.2 Å². The Balaban J connectivity index is 2.36. The molecule has 1 heterocycles. The fourth-order valence-electron chi connectivity index (χ4n) is 1.60. The zero-order chi connectivity index (χ0) is 14.5. The van der Waals surface area contributed by atoms with E-state index in [1.807, 2.05) is 0 Å². The molecule has 0 saturated carbocycles. The molecule has 106 valence electrons. The van der Waals surface area contributed by atoms with Gasteiger partial charge in [0.05, 0.1) is 26.9 Å². The summed E-state index contributed by atoms with van der Waals surface area (Å²) in [6.07, 6.45) is 0. The minimum absolute atomic E-state index is 0.320. The quantitative estimate of drug-likeness (QED) is 0.906. The lowest BCUT2D eigenvalue weighted by Gasteiger charge is -2.13. The summed E-state index contributed by atoms with van der Waals surface area (Å²) in [4.78, 5) is 12.2. The molecule has 0 aliphatic carbocycles. The van der Waals surface area contributed by atoms with Gasteiger partial charge in [-0.3, -0.25) is 10.1 Å². The van der Waals surface area contributed by atoms with Gasteiger partial charge in [0.25, 0.3) is 5.91 Å². The minimum atomic E-state index is -0.362. The smallest absolute Gasteiger partial charge is 0.261 e. The number of methoxy groups -OCH3 is 3. The molecule has 0 aliphatic heterocycles. The molecule has 8 heteroatoms. The number of carbonyl (C=O) groups is 1. The van der Waals surface area contributed by atoms with E-state index in [1.54, 1.807) is 12.1 Å². The summed E-state index contributed by atoms with van der Waals surface area (Å²) in [6, 6.07) is 3.14. The van der Waals surface area contributed by atoms with Crippen LogP contribution in [0.25, 0.3) is 0 Å². The number of hydrogen-bond acceptors (Lipinski definition) is 7. The van der Waals surface area contributed by atoms with Crippen molar-refractivity contribution in [3.05, 3.63) is 23.2 Å². The molecule has 1 aromatic heterocycles. The monoisotopic (exact) mass is 295 g/mol. The maximum absolute atomic E-state index is 12.2. The molecule has 0 spiro atoms. The summed E-state index contributed by atoms with van der Waals surface area (Å²) >= 11 is 1.23. The Morgan fingerprint density at radius 2 is 1.75 bits per heavy atom. The third-order valence-electron chi connectivity index (χ3n) is 2.53. The molecule has 0 saturated heterocycles. The number of ether oxygens (including phenoxy) is 3. The first-order chi connectivity index (χ1) is 9.69. The highest BCUT2D eigenvalue weighted by Gasteiger charge is 2.18. The molecule has 7 nitrogen and oxygen atoms in total. The lowest BCUT2D eigenvalue weighted by molar-refractivity contribution is 0.102. The van der Waals surface area contributed by atoms with E-state index in [0.717, 1.165) is 0 Å². The fourth-order valence-corrected chi connectivity index (χ4v) is 2.04. The molecule has 1 aromatic carbocycles. The van der Waals surface area contributed by atoms with Crippen LogP contribution in [0.15, 0.2) is 17.6 Å². The van der Waals surface area contributed by atoms with Gasteiger partial charge in [0.1, 0.15) is 11.3 Å². The van der Waals surface area contributed by atoms with E-state index in [0.29, 0.717) is 27.9 Å². The van der Waals surface area contributed by atoms with Crippen LogP contribution in [-0.4, -0.2) is 37.4 Å². The Labute approximate surface area is 119 Å². The van der Waals surface area contributed by atoms with Crippen LogP contribution >= 0.6 is 11.3 Å². The third-order valence-corrected chi connectivity index (χ3v) is 3.14. The maximum atomic E-state index is 12.2. The second-order valence-corrected chi connectivity index (χ2v) is 4.44. The van der Waals surface area contributed by atoms with E-state index in [2.05, 4.69) is 15.5 Å². The predicted molar refractivity (Wildman–Crippen MR) is 74.0 cm³/mol. The highest BCUT2D eigenvalue weighted by molar-refractivity contribution is 7.13. The Morgan fingerprint density at radius 3 is 2.30 bits per heavy atom. The van der Waals surface area contributed by atoms with Gasteiger partial charge >= 0.3 is 0 Å². The van der Waals surface area contributed by atoms with Crippen molar-refractivity contribution in [1.82, 2.24) is 10.2 Å². The number of benzene rings is 1.